The van der Waals surface area contributed by atoms with Crippen molar-refractivity contribution in [1.82, 2.24) is 4.90 Å². The summed E-state index contributed by atoms with van der Waals surface area (Å²) < 4.78 is 0. The summed E-state index contributed by atoms with van der Waals surface area (Å²) >= 11 is 0. The van der Waals surface area contributed by atoms with Gasteiger partial charge in [0.1, 0.15) is 0 Å². The number of benzene rings is 1. The Labute approximate surface area is 85.5 Å². The van der Waals surface area contributed by atoms with E-state index >= 15 is 0 Å². The topological polar surface area (TPSA) is 20.3 Å². The van der Waals surface area contributed by atoms with E-state index in [0.29, 0.717) is 0 Å². The van der Waals surface area contributed by atoms with Crippen molar-refractivity contribution in [1.29, 1.82) is 0 Å². The van der Waals surface area contributed by atoms with Crippen LogP contribution < -0.4 is 0 Å². The Hall–Kier alpha value is -1.31. The summed E-state index contributed by atoms with van der Waals surface area (Å²) in [6, 6.07) is 7.85. The molecular formula is C12H17NO. The molecule has 76 valence electrons. The molecule has 0 heterocycles. The number of carbonyl (C=O) groups excluding carboxylic acids is 1. The maximum atomic E-state index is 11.5. The van der Waals surface area contributed by atoms with Gasteiger partial charge < -0.3 is 4.90 Å². The Balaban J connectivity index is 2.78. The van der Waals surface area contributed by atoms with Gasteiger partial charge in [0, 0.05) is 19.7 Å². The van der Waals surface area contributed by atoms with Crippen molar-refractivity contribution in [2.24, 2.45) is 0 Å². The quantitative estimate of drug-likeness (QED) is 0.718. The van der Waals surface area contributed by atoms with E-state index in [2.05, 4.69) is 6.92 Å². The first-order valence-electron chi connectivity index (χ1n) is 4.95. The summed E-state index contributed by atoms with van der Waals surface area (Å²) in [7, 11) is 3.53. The highest BCUT2D eigenvalue weighted by atomic mass is 16.2. The molecule has 1 aromatic rings. The molecular weight excluding hydrogens is 174 g/mol. The molecule has 1 amide bonds. The second kappa shape index (κ2) is 4.80. The molecule has 0 unspecified atom stereocenters. The van der Waals surface area contributed by atoms with Crippen LogP contribution in [0.5, 0.6) is 0 Å². The monoisotopic (exact) mass is 191 g/mol. The minimum atomic E-state index is 0.0630. The summed E-state index contributed by atoms with van der Waals surface area (Å²) in [5, 5.41) is 0. The van der Waals surface area contributed by atoms with Gasteiger partial charge in [0.05, 0.1) is 0 Å². The van der Waals surface area contributed by atoms with E-state index < -0.39 is 0 Å². The van der Waals surface area contributed by atoms with Gasteiger partial charge in [-0.25, -0.2) is 0 Å². The highest BCUT2D eigenvalue weighted by molar-refractivity contribution is 5.93. The lowest BCUT2D eigenvalue weighted by atomic mass is 10.1. The number of carbonyl (C=O) groups is 1. The predicted octanol–water partition coefficient (Wildman–Crippen LogP) is 2.34. The van der Waals surface area contributed by atoms with Crippen LogP contribution >= 0.6 is 0 Å². The summed E-state index contributed by atoms with van der Waals surface area (Å²) in [6.45, 7) is 2.15. The summed E-state index contributed by atoms with van der Waals surface area (Å²) in [5.41, 5.74) is 2.05. The minimum Gasteiger partial charge on any atom is -0.345 e. The van der Waals surface area contributed by atoms with Crippen molar-refractivity contribution in [2.75, 3.05) is 14.1 Å². The molecule has 0 atom stereocenters. The van der Waals surface area contributed by atoms with Crippen LogP contribution in [0.1, 0.15) is 29.3 Å². The lowest BCUT2D eigenvalue weighted by molar-refractivity contribution is 0.0827. The van der Waals surface area contributed by atoms with Crippen LogP contribution in [-0.4, -0.2) is 24.9 Å². The second-order valence-electron chi connectivity index (χ2n) is 3.65. The molecule has 0 fully saturated rings. The normalized spacial score (nSPS) is 9.93. The molecule has 0 N–H and O–H groups in total. The van der Waals surface area contributed by atoms with E-state index in [1.54, 1.807) is 19.0 Å². The largest absolute Gasteiger partial charge is 0.345 e. The molecule has 0 saturated carbocycles. The molecule has 1 rings (SSSR count). The zero-order valence-corrected chi connectivity index (χ0v) is 9.08. The van der Waals surface area contributed by atoms with Gasteiger partial charge in [-0.1, -0.05) is 25.5 Å². The van der Waals surface area contributed by atoms with Crippen LogP contribution in [0, 0.1) is 0 Å². The van der Waals surface area contributed by atoms with Crippen LogP contribution in [-0.2, 0) is 6.42 Å². The fourth-order valence-electron chi connectivity index (χ4n) is 1.36. The molecule has 0 bridgehead atoms. The summed E-state index contributed by atoms with van der Waals surface area (Å²) in [4.78, 5) is 13.1. The smallest absolute Gasteiger partial charge is 0.253 e. The predicted molar refractivity (Wildman–Crippen MR) is 58.5 cm³/mol. The number of nitrogens with zero attached hydrogens (tertiary/aromatic N) is 1. The highest BCUT2D eigenvalue weighted by Crippen LogP contribution is 2.07. The van der Waals surface area contributed by atoms with Crippen LogP contribution in [0.15, 0.2) is 24.3 Å². The first kappa shape index (κ1) is 10.8. The van der Waals surface area contributed by atoms with Gasteiger partial charge in [0.15, 0.2) is 0 Å². The Morgan fingerprint density at radius 3 is 2.21 bits per heavy atom. The molecule has 0 aliphatic heterocycles. The van der Waals surface area contributed by atoms with Crippen LogP contribution in [0.3, 0.4) is 0 Å². The van der Waals surface area contributed by atoms with E-state index in [1.165, 1.54) is 5.56 Å². The molecule has 0 radical (unpaired) electrons. The third-order valence-corrected chi connectivity index (χ3v) is 2.15. The Bertz CT molecular complexity index is 301. The van der Waals surface area contributed by atoms with Crippen molar-refractivity contribution >= 4 is 5.91 Å². The second-order valence-corrected chi connectivity index (χ2v) is 3.65. The molecule has 1 aromatic carbocycles. The van der Waals surface area contributed by atoms with Gasteiger partial charge >= 0.3 is 0 Å². The SMILES string of the molecule is CCCc1ccc(C(=O)N(C)C)cc1. The van der Waals surface area contributed by atoms with E-state index in [1.807, 2.05) is 24.3 Å². The number of rotatable bonds is 3. The summed E-state index contributed by atoms with van der Waals surface area (Å²) in [6.07, 6.45) is 2.22. The van der Waals surface area contributed by atoms with Crippen molar-refractivity contribution in [3.8, 4) is 0 Å². The van der Waals surface area contributed by atoms with Crippen molar-refractivity contribution < 1.29 is 4.79 Å². The maximum Gasteiger partial charge on any atom is 0.253 e. The van der Waals surface area contributed by atoms with Gasteiger partial charge in [-0.15, -0.1) is 0 Å². The number of hydrogen-bond donors (Lipinski definition) is 0. The van der Waals surface area contributed by atoms with Crippen LogP contribution in [0.2, 0.25) is 0 Å². The third-order valence-electron chi connectivity index (χ3n) is 2.15. The van der Waals surface area contributed by atoms with Gasteiger partial charge in [-0.3, -0.25) is 4.79 Å². The zero-order valence-electron chi connectivity index (χ0n) is 9.08. The average Bonchev–Trinajstić information content (AvgIpc) is 2.18. The first-order valence-corrected chi connectivity index (χ1v) is 4.95. The lowest BCUT2D eigenvalue weighted by Crippen LogP contribution is -2.21. The molecule has 0 aromatic heterocycles. The zero-order chi connectivity index (χ0) is 10.6. The molecule has 2 nitrogen and oxygen atoms in total. The lowest BCUT2D eigenvalue weighted by Gasteiger charge is -2.10. The Morgan fingerprint density at radius 1 is 1.21 bits per heavy atom. The number of amides is 1. The molecule has 0 aliphatic carbocycles. The Kier molecular flexibility index (Phi) is 3.69. The van der Waals surface area contributed by atoms with Crippen LogP contribution in [0.25, 0.3) is 0 Å². The number of hydrogen-bond acceptors (Lipinski definition) is 1. The van der Waals surface area contributed by atoms with E-state index in [-0.39, 0.29) is 5.91 Å². The molecule has 14 heavy (non-hydrogen) atoms. The number of aryl methyl sites for hydroxylation is 1. The van der Waals surface area contributed by atoms with E-state index in [9.17, 15) is 4.79 Å². The molecule has 0 saturated heterocycles. The van der Waals surface area contributed by atoms with Crippen molar-refractivity contribution in [3.63, 3.8) is 0 Å². The standard InChI is InChI=1S/C12H17NO/c1-4-5-10-6-8-11(9-7-10)12(14)13(2)3/h6-9H,4-5H2,1-3H3. The minimum absolute atomic E-state index is 0.0630. The van der Waals surface area contributed by atoms with Gasteiger partial charge in [0.2, 0.25) is 0 Å². The van der Waals surface area contributed by atoms with Crippen molar-refractivity contribution in [2.45, 2.75) is 19.8 Å². The van der Waals surface area contributed by atoms with Gasteiger partial charge in [0.25, 0.3) is 5.91 Å². The average molecular weight is 191 g/mol. The molecule has 0 spiro atoms. The van der Waals surface area contributed by atoms with Crippen LogP contribution in [0.4, 0.5) is 0 Å². The fraction of sp³-hybridized carbons (Fsp3) is 0.417. The van der Waals surface area contributed by atoms with Crippen molar-refractivity contribution in [3.05, 3.63) is 35.4 Å². The highest BCUT2D eigenvalue weighted by Gasteiger charge is 2.06. The molecule has 0 aliphatic rings. The van der Waals surface area contributed by atoms with Gasteiger partial charge in [-0.2, -0.15) is 0 Å². The van der Waals surface area contributed by atoms with E-state index in [0.717, 1.165) is 18.4 Å². The van der Waals surface area contributed by atoms with Gasteiger partial charge in [-0.05, 0) is 24.1 Å². The fourth-order valence-corrected chi connectivity index (χ4v) is 1.36. The third kappa shape index (κ3) is 2.59. The summed E-state index contributed by atoms with van der Waals surface area (Å²) in [5.74, 6) is 0.0630. The maximum absolute atomic E-state index is 11.5. The molecule has 2 heteroatoms. The Morgan fingerprint density at radius 2 is 1.79 bits per heavy atom. The van der Waals surface area contributed by atoms with E-state index in [4.69, 9.17) is 0 Å². The first-order chi connectivity index (χ1) is 6.65.